The number of hydrogen-bond acceptors (Lipinski definition) is 3. The molecule has 1 aliphatic heterocycles. The van der Waals surface area contributed by atoms with Crippen LogP contribution < -0.4 is 5.32 Å². The molecule has 0 atom stereocenters. The van der Waals surface area contributed by atoms with Gasteiger partial charge < -0.3 is 20.2 Å². The summed E-state index contributed by atoms with van der Waals surface area (Å²) in [4.78, 5) is 39.3. The van der Waals surface area contributed by atoms with Gasteiger partial charge >= 0.3 is 12.0 Å². The smallest absolute Gasteiger partial charge is 0.329 e. The summed E-state index contributed by atoms with van der Waals surface area (Å²) in [6.07, 6.45) is 2.46. The van der Waals surface area contributed by atoms with Gasteiger partial charge in [0.2, 0.25) is 5.91 Å². The topological polar surface area (TPSA) is 89.9 Å². The number of piperazine rings is 1. The van der Waals surface area contributed by atoms with Gasteiger partial charge in [-0.25, -0.2) is 9.59 Å². The number of hydrogen-bond donors (Lipinski definition) is 2. The van der Waals surface area contributed by atoms with Crippen LogP contribution in [0.2, 0.25) is 0 Å². The minimum absolute atomic E-state index is 0.139. The van der Waals surface area contributed by atoms with Crippen LogP contribution in [0.25, 0.3) is 0 Å². The van der Waals surface area contributed by atoms with Crippen LogP contribution in [0, 0.1) is 0 Å². The molecule has 21 heavy (non-hydrogen) atoms. The second kappa shape index (κ2) is 5.20. The van der Waals surface area contributed by atoms with Crippen LogP contribution in [0.4, 0.5) is 4.79 Å². The lowest BCUT2D eigenvalue weighted by Gasteiger charge is -2.45. The van der Waals surface area contributed by atoms with E-state index in [9.17, 15) is 19.5 Å². The molecule has 0 aromatic rings. The van der Waals surface area contributed by atoms with Gasteiger partial charge in [0, 0.05) is 20.1 Å². The van der Waals surface area contributed by atoms with E-state index in [0.29, 0.717) is 25.9 Å². The summed E-state index contributed by atoms with van der Waals surface area (Å²) in [5, 5.41) is 12.1. The van der Waals surface area contributed by atoms with Crippen LogP contribution in [-0.2, 0) is 9.59 Å². The number of carbonyl (C=O) groups excluding carboxylic acids is 2. The van der Waals surface area contributed by atoms with Gasteiger partial charge in [0.15, 0.2) is 0 Å². The molecule has 0 aromatic carbocycles. The number of rotatable bonds is 2. The lowest BCUT2D eigenvalue weighted by atomic mass is 9.96. The number of amides is 3. The highest BCUT2D eigenvalue weighted by atomic mass is 16.4. The summed E-state index contributed by atoms with van der Waals surface area (Å²) in [5.74, 6) is -1.13. The summed E-state index contributed by atoms with van der Waals surface area (Å²) < 4.78 is 0. The molecule has 1 aliphatic carbocycles. The highest BCUT2D eigenvalue weighted by Crippen LogP contribution is 2.31. The number of nitrogens with one attached hydrogen (secondary N) is 1. The number of aliphatic carboxylic acids is 1. The Bertz CT molecular complexity index is 469. The Hall–Kier alpha value is -1.79. The van der Waals surface area contributed by atoms with Crippen LogP contribution in [0.5, 0.6) is 0 Å². The number of carboxylic acids is 1. The molecule has 2 fully saturated rings. The monoisotopic (exact) mass is 297 g/mol. The van der Waals surface area contributed by atoms with Gasteiger partial charge in [-0.15, -0.1) is 0 Å². The molecule has 0 bridgehead atoms. The van der Waals surface area contributed by atoms with Crippen LogP contribution in [0.1, 0.15) is 39.5 Å². The zero-order valence-electron chi connectivity index (χ0n) is 12.8. The van der Waals surface area contributed by atoms with Crippen molar-refractivity contribution in [2.45, 2.75) is 50.6 Å². The summed E-state index contributed by atoms with van der Waals surface area (Å²) >= 11 is 0. The molecule has 0 unspecified atom stereocenters. The molecule has 2 aliphatic rings. The lowest BCUT2D eigenvalue weighted by Crippen LogP contribution is -2.67. The van der Waals surface area contributed by atoms with E-state index in [2.05, 4.69) is 5.32 Å². The first-order valence-corrected chi connectivity index (χ1v) is 7.29. The molecule has 0 spiro atoms. The fourth-order valence-corrected chi connectivity index (χ4v) is 3.21. The van der Waals surface area contributed by atoms with Crippen molar-refractivity contribution in [2.24, 2.45) is 0 Å². The van der Waals surface area contributed by atoms with Gasteiger partial charge in [-0.05, 0) is 26.7 Å². The van der Waals surface area contributed by atoms with Crippen LogP contribution in [0.15, 0.2) is 0 Å². The van der Waals surface area contributed by atoms with Gasteiger partial charge in [0.1, 0.15) is 11.1 Å². The quantitative estimate of drug-likeness (QED) is 0.783. The predicted octanol–water partition coefficient (Wildman–Crippen LogP) is 0.646. The van der Waals surface area contributed by atoms with Crippen LogP contribution in [-0.4, -0.2) is 64.0 Å². The molecule has 3 amide bonds. The van der Waals surface area contributed by atoms with Crippen molar-refractivity contribution in [2.75, 3.05) is 20.1 Å². The Morgan fingerprint density at radius 1 is 1.19 bits per heavy atom. The van der Waals surface area contributed by atoms with E-state index in [1.54, 1.807) is 25.8 Å². The Kier molecular flexibility index (Phi) is 3.86. The van der Waals surface area contributed by atoms with E-state index < -0.39 is 23.1 Å². The van der Waals surface area contributed by atoms with Gasteiger partial charge in [0.25, 0.3) is 0 Å². The molecule has 7 heteroatoms. The average Bonchev–Trinajstić information content (AvgIpc) is 2.85. The van der Waals surface area contributed by atoms with Crippen molar-refractivity contribution >= 4 is 17.9 Å². The summed E-state index contributed by atoms with van der Waals surface area (Å²) in [5.41, 5.74) is -2.14. The maximum absolute atomic E-state index is 12.5. The highest BCUT2D eigenvalue weighted by molar-refractivity contribution is 5.93. The van der Waals surface area contributed by atoms with E-state index in [0.717, 1.165) is 12.8 Å². The van der Waals surface area contributed by atoms with E-state index in [-0.39, 0.29) is 5.91 Å². The Balaban J connectivity index is 2.16. The van der Waals surface area contributed by atoms with Gasteiger partial charge in [-0.2, -0.15) is 0 Å². The van der Waals surface area contributed by atoms with Crippen molar-refractivity contribution in [3.8, 4) is 0 Å². The average molecular weight is 297 g/mol. The number of urea groups is 1. The fraction of sp³-hybridized carbons (Fsp3) is 0.786. The molecule has 1 heterocycles. The third-order valence-electron chi connectivity index (χ3n) is 4.66. The zero-order valence-corrected chi connectivity index (χ0v) is 12.8. The molecule has 118 valence electrons. The summed E-state index contributed by atoms with van der Waals surface area (Å²) in [6, 6.07) is -0.467. The van der Waals surface area contributed by atoms with Gasteiger partial charge in [-0.1, -0.05) is 12.8 Å². The number of nitrogens with zero attached hydrogens (tertiary/aromatic N) is 2. The van der Waals surface area contributed by atoms with Crippen molar-refractivity contribution in [1.82, 2.24) is 15.1 Å². The molecule has 1 saturated carbocycles. The van der Waals surface area contributed by atoms with Crippen molar-refractivity contribution in [3.05, 3.63) is 0 Å². The Labute approximate surface area is 124 Å². The first-order valence-electron chi connectivity index (χ1n) is 7.29. The number of likely N-dealkylation sites (N-methyl/N-ethyl adjacent to an activating group) is 1. The predicted molar refractivity (Wildman–Crippen MR) is 75.8 cm³/mol. The van der Waals surface area contributed by atoms with E-state index >= 15 is 0 Å². The minimum atomic E-state index is -1.18. The van der Waals surface area contributed by atoms with Crippen LogP contribution >= 0.6 is 0 Å². The van der Waals surface area contributed by atoms with Crippen molar-refractivity contribution < 1.29 is 19.5 Å². The summed E-state index contributed by atoms with van der Waals surface area (Å²) in [6.45, 7) is 4.23. The molecule has 2 rings (SSSR count). The Morgan fingerprint density at radius 3 is 2.29 bits per heavy atom. The van der Waals surface area contributed by atoms with E-state index in [1.165, 1.54) is 4.90 Å². The lowest BCUT2D eigenvalue weighted by molar-refractivity contribution is -0.145. The molecule has 1 saturated heterocycles. The fourth-order valence-electron chi connectivity index (χ4n) is 3.21. The third kappa shape index (κ3) is 2.56. The molecular weight excluding hydrogens is 274 g/mol. The molecular formula is C14H23N3O4. The third-order valence-corrected chi connectivity index (χ3v) is 4.66. The largest absolute Gasteiger partial charge is 0.480 e. The summed E-state index contributed by atoms with van der Waals surface area (Å²) in [7, 11) is 1.70. The molecule has 0 aromatic heterocycles. The first kappa shape index (κ1) is 15.6. The Morgan fingerprint density at radius 2 is 1.76 bits per heavy atom. The molecule has 7 nitrogen and oxygen atoms in total. The van der Waals surface area contributed by atoms with Gasteiger partial charge in [-0.3, -0.25) is 4.79 Å². The van der Waals surface area contributed by atoms with Crippen molar-refractivity contribution in [1.29, 1.82) is 0 Å². The first-order chi connectivity index (χ1) is 9.70. The van der Waals surface area contributed by atoms with Gasteiger partial charge in [0.05, 0.1) is 0 Å². The normalized spacial score (nSPS) is 24.0. The second-order valence-corrected chi connectivity index (χ2v) is 6.46. The van der Waals surface area contributed by atoms with E-state index in [4.69, 9.17) is 0 Å². The SMILES string of the molecule is CN1CCN(C(=O)NC2(C(=O)O)CCCC2)C(C)(C)C1=O. The second-order valence-electron chi connectivity index (χ2n) is 6.46. The maximum Gasteiger partial charge on any atom is 0.329 e. The standard InChI is InChI=1S/C14H23N3O4/c1-13(2)10(18)16(3)8-9-17(13)12(21)15-14(11(19)20)6-4-5-7-14/h4-9H2,1-3H3,(H,15,21)(H,19,20). The van der Waals surface area contributed by atoms with Crippen LogP contribution in [0.3, 0.4) is 0 Å². The maximum atomic E-state index is 12.5. The molecule has 0 radical (unpaired) electrons. The number of carboxylic acid groups (broad SMARTS) is 1. The highest BCUT2D eigenvalue weighted by Gasteiger charge is 2.48. The minimum Gasteiger partial charge on any atom is -0.480 e. The molecule has 2 N–H and O–H groups in total. The van der Waals surface area contributed by atoms with E-state index in [1.807, 2.05) is 0 Å². The zero-order chi connectivity index (χ0) is 15.8. The number of carbonyl (C=O) groups is 3. The van der Waals surface area contributed by atoms with Crippen molar-refractivity contribution in [3.63, 3.8) is 0 Å².